The highest BCUT2D eigenvalue weighted by Gasteiger charge is 2.22. The number of carbonyl (C=O) groups is 1. The lowest BCUT2D eigenvalue weighted by atomic mass is 10.1. The Bertz CT molecular complexity index is 878. The van der Waals surface area contributed by atoms with Crippen molar-refractivity contribution in [2.45, 2.75) is 19.3 Å². The fourth-order valence-corrected chi connectivity index (χ4v) is 3.22. The number of anilines is 1. The molecule has 122 valence electrons. The highest BCUT2D eigenvalue weighted by atomic mass is 16.2. The number of hydrogen-bond donors (Lipinski definition) is 1. The molecule has 1 fully saturated rings. The number of likely N-dealkylation sites (tertiary alicyclic amines) is 1. The monoisotopic (exact) mass is 321 g/mol. The number of hydrogen-bond acceptors (Lipinski definition) is 4. The minimum Gasteiger partial charge on any atom is -0.384 e. The Balaban J connectivity index is 1.76. The second-order valence-corrected chi connectivity index (χ2v) is 6.09. The van der Waals surface area contributed by atoms with E-state index >= 15 is 0 Å². The molecule has 6 nitrogen and oxygen atoms in total. The molecule has 4 rings (SSSR count). The molecule has 4 heterocycles. The highest BCUT2D eigenvalue weighted by molar-refractivity contribution is 6.01. The van der Waals surface area contributed by atoms with Crippen LogP contribution < -0.4 is 5.73 Å². The number of nitrogens with zero attached hydrogens (tertiary/aromatic N) is 4. The van der Waals surface area contributed by atoms with Gasteiger partial charge in [-0.1, -0.05) is 6.07 Å². The predicted octanol–water partition coefficient (Wildman–Crippen LogP) is 2.60. The minimum atomic E-state index is 0.0669. The molecule has 1 aliphatic rings. The van der Waals surface area contributed by atoms with Gasteiger partial charge in [-0.2, -0.15) is 5.10 Å². The van der Waals surface area contributed by atoms with Gasteiger partial charge in [-0.05, 0) is 43.5 Å². The van der Waals surface area contributed by atoms with Crippen molar-refractivity contribution < 1.29 is 4.79 Å². The SMILES string of the molecule is Nc1ccc(-c2cccc3c(C(=O)N4CCCCC4)cnn23)cn1. The van der Waals surface area contributed by atoms with E-state index in [4.69, 9.17) is 5.73 Å². The molecule has 6 heteroatoms. The minimum absolute atomic E-state index is 0.0669. The number of nitrogen functional groups attached to an aromatic ring is 1. The Morgan fingerprint density at radius 2 is 1.88 bits per heavy atom. The van der Waals surface area contributed by atoms with E-state index in [2.05, 4.69) is 10.1 Å². The summed E-state index contributed by atoms with van der Waals surface area (Å²) < 4.78 is 1.80. The molecule has 0 radical (unpaired) electrons. The summed E-state index contributed by atoms with van der Waals surface area (Å²) in [5.74, 6) is 0.546. The van der Waals surface area contributed by atoms with Gasteiger partial charge in [-0.15, -0.1) is 0 Å². The van der Waals surface area contributed by atoms with Crippen LogP contribution in [0.25, 0.3) is 16.8 Å². The van der Waals surface area contributed by atoms with Gasteiger partial charge in [0.1, 0.15) is 5.82 Å². The second kappa shape index (κ2) is 5.96. The zero-order chi connectivity index (χ0) is 16.5. The summed E-state index contributed by atoms with van der Waals surface area (Å²) in [6, 6.07) is 9.50. The number of amides is 1. The molecule has 0 atom stereocenters. The van der Waals surface area contributed by atoms with Gasteiger partial charge in [-0.3, -0.25) is 4.79 Å². The summed E-state index contributed by atoms with van der Waals surface area (Å²) >= 11 is 0. The Kier molecular flexibility index (Phi) is 3.65. The molecule has 0 spiro atoms. The third kappa shape index (κ3) is 2.50. The normalized spacial score (nSPS) is 14.9. The second-order valence-electron chi connectivity index (χ2n) is 6.09. The van der Waals surface area contributed by atoms with Gasteiger partial charge in [0.25, 0.3) is 5.91 Å². The molecule has 1 amide bonds. The third-order valence-electron chi connectivity index (χ3n) is 4.50. The fraction of sp³-hybridized carbons (Fsp3) is 0.278. The Labute approximate surface area is 139 Å². The van der Waals surface area contributed by atoms with E-state index in [1.165, 1.54) is 6.42 Å². The summed E-state index contributed by atoms with van der Waals surface area (Å²) in [6.07, 6.45) is 6.74. The quantitative estimate of drug-likeness (QED) is 0.787. The third-order valence-corrected chi connectivity index (χ3v) is 4.50. The van der Waals surface area contributed by atoms with E-state index in [0.717, 1.165) is 42.7 Å². The van der Waals surface area contributed by atoms with Gasteiger partial charge >= 0.3 is 0 Å². The maximum atomic E-state index is 12.8. The number of piperidine rings is 1. The molecule has 0 unspecified atom stereocenters. The standard InChI is InChI=1S/C18H19N5O/c19-17-8-7-13(11-20-17)15-5-4-6-16-14(12-21-23(15)16)18(24)22-9-2-1-3-10-22/h4-8,11-12H,1-3,9-10H2,(H2,19,20). The number of fused-ring (bicyclic) bond motifs is 1. The van der Waals surface area contributed by atoms with Crippen LogP contribution in [0.5, 0.6) is 0 Å². The van der Waals surface area contributed by atoms with Crippen molar-refractivity contribution in [2.24, 2.45) is 0 Å². The fourth-order valence-electron chi connectivity index (χ4n) is 3.22. The molecule has 2 N–H and O–H groups in total. The van der Waals surface area contributed by atoms with Crippen LogP contribution in [0.4, 0.5) is 5.82 Å². The molecule has 24 heavy (non-hydrogen) atoms. The van der Waals surface area contributed by atoms with Gasteiger partial charge in [0.15, 0.2) is 0 Å². The molecule has 0 aliphatic carbocycles. The van der Waals surface area contributed by atoms with Gasteiger partial charge in [0.2, 0.25) is 0 Å². The molecule has 3 aromatic heterocycles. The molecule has 3 aromatic rings. The van der Waals surface area contributed by atoms with Gasteiger partial charge in [0, 0.05) is 24.8 Å². The largest absolute Gasteiger partial charge is 0.384 e. The van der Waals surface area contributed by atoms with Crippen LogP contribution in [0.1, 0.15) is 29.6 Å². The van der Waals surface area contributed by atoms with E-state index in [9.17, 15) is 4.79 Å². The zero-order valence-electron chi connectivity index (χ0n) is 13.4. The van der Waals surface area contributed by atoms with Crippen LogP contribution in [-0.2, 0) is 0 Å². The average molecular weight is 321 g/mol. The summed E-state index contributed by atoms with van der Waals surface area (Å²) in [7, 11) is 0. The van der Waals surface area contributed by atoms with Gasteiger partial charge in [-0.25, -0.2) is 9.50 Å². The van der Waals surface area contributed by atoms with E-state index < -0.39 is 0 Å². The molecule has 1 aliphatic heterocycles. The average Bonchev–Trinajstić information content (AvgIpc) is 3.07. The summed E-state index contributed by atoms with van der Waals surface area (Å²) in [5, 5.41) is 4.44. The van der Waals surface area contributed by atoms with E-state index in [0.29, 0.717) is 11.4 Å². The Morgan fingerprint density at radius 3 is 2.62 bits per heavy atom. The Hall–Kier alpha value is -2.89. The summed E-state index contributed by atoms with van der Waals surface area (Å²) in [5.41, 5.74) is 8.93. The van der Waals surface area contributed by atoms with E-state index in [-0.39, 0.29) is 5.91 Å². The van der Waals surface area contributed by atoms with Crippen molar-refractivity contribution in [1.82, 2.24) is 19.5 Å². The first-order valence-electron chi connectivity index (χ1n) is 8.22. The number of carbonyl (C=O) groups excluding carboxylic acids is 1. The maximum Gasteiger partial charge on any atom is 0.257 e. The smallest absolute Gasteiger partial charge is 0.257 e. The zero-order valence-corrected chi connectivity index (χ0v) is 13.4. The van der Waals surface area contributed by atoms with E-state index in [1.54, 1.807) is 23.0 Å². The van der Waals surface area contributed by atoms with Gasteiger partial charge in [0.05, 0.1) is 23.0 Å². The highest BCUT2D eigenvalue weighted by Crippen LogP contribution is 2.23. The van der Waals surface area contributed by atoms with Crippen LogP contribution in [0, 0.1) is 0 Å². The van der Waals surface area contributed by atoms with Crippen molar-refractivity contribution >= 4 is 17.2 Å². The Morgan fingerprint density at radius 1 is 1.04 bits per heavy atom. The van der Waals surface area contributed by atoms with Crippen molar-refractivity contribution in [3.05, 3.63) is 48.3 Å². The van der Waals surface area contributed by atoms with Crippen molar-refractivity contribution in [2.75, 3.05) is 18.8 Å². The van der Waals surface area contributed by atoms with Crippen molar-refractivity contribution in [3.8, 4) is 11.3 Å². The van der Waals surface area contributed by atoms with Crippen LogP contribution >= 0.6 is 0 Å². The van der Waals surface area contributed by atoms with Crippen molar-refractivity contribution in [3.63, 3.8) is 0 Å². The first-order chi connectivity index (χ1) is 11.7. The predicted molar refractivity (Wildman–Crippen MR) is 92.6 cm³/mol. The lowest BCUT2D eigenvalue weighted by Gasteiger charge is -2.26. The maximum absolute atomic E-state index is 12.8. The molecule has 1 saturated heterocycles. The molecular formula is C18H19N5O. The van der Waals surface area contributed by atoms with Crippen LogP contribution in [0.3, 0.4) is 0 Å². The number of aromatic nitrogens is 3. The number of pyridine rings is 2. The molecule has 0 aromatic carbocycles. The first kappa shape index (κ1) is 14.7. The number of nitrogens with two attached hydrogens (primary N) is 1. The topological polar surface area (TPSA) is 76.5 Å². The van der Waals surface area contributed by atoms with E-state index in [1.807, 2.05) is 29.2 Å². The lowest BCUT2D eigenvalue weighted by Crippen LogP contribution is -2.35. The molecular weight excluding hydrogens is 302 g/mol. The summed E-state index contributed by atoms with van der Waals surface area (Å²) in [6.45, 7) is 1.66. The van der Waals surface area contributed by atoms with Crippen LogP contribution in [-0.4, -0.2) is 38.5 Å². The number of rotatable bonds is 2. The summed E-state index contributed by atoms with van der Waals surface area (Å²) in [4.78, 5) is 18.9. The molecule has 0 saturated carbocycles. The van der Waals surface area contributed by atoms with Crippen LogP contribution in [0.15, 0.2) is 42.7 Å². The first-order valence-corrected chi connectivity index (χ1v) is 8.22. The molecule has 0 bridgehead atoms. The lowest BCUT2D eigenvalue weighted by molar-refractivity contribution is 0.0726. The van der Waals surface area contributed by atoms with Gasteiger partial charge < -0.3 is 10.6 Å². The van der Waals surface area contributed by atoms with Crippen molar-refractivity contribution in [1.29, 1.82) is 0 Å². The van der Waals surface area contributed by atoms with Crippen LogP contribution in [0.2, 0.25) is 0 Å².